The number of nitrogens with zero attached hydrogens (tertiary/aromatic N) is 2. The van der Waals surface area contributed by atoms with Crippen LogP contribution < -0.4 is 4.90 Å². The first kappa shape index (κ1) is 26.5. The highest BCUT2D eigenvalue weighted by Gasteiger charge is 2.42. The zero-order valence-corrected chi connectivity index (χ0v) is 23.9. The molecule has 1 unspecified atom stereocenters. The number of fused-ring (bicyclic) bond motifs is 2. The van der Waals surface area contributed by atoms with E-state index in [4.69, 9.17) is 11.6 Å². The SMILES string of the molecule is CC=CC1CCCC(C=CC2=[N+](C)c3ccccc3C2(C)C)=C1Cl.CN1CC(C)(C)c2ccccc21. The van der Waals surface area contributed by atoms with Crippen LogP contribution in [0.2, 0.25) is 0 Å². The molecule has 0 aromatic heterocycles. The summed E-state index contributed by atoms with van der Waals surface area (Å²) < 4.78 is 2.31. The molecule has 0 radical (unpaired) electrons. The summed E-state index contributed by atoms with van der Waals surface area (Å²) in [5.74, 6) is 0.390. The van der Waals surface area contributed by atoms with Gasteiger partial charge in [-0.1, -0.05) is 80.1 Å². The van der Waals surface area contributed by atoms with E-state index in [1.165, 1.54) is 40.2 Å². The highest BCUT2D eigenvalue weighted by molar-refractivity contribution is 6.30. The van der Waals surface area contributed by atoms with Gasteiger partial charge in [-0.15, -0.1) is 0 Å². The maximum atomic E-state index is 6.66. The standard InChI is InChI=1S/C22H27ClN.C11H15N/c1-5-9-16-10-8-11-17(21(16)23)14-15-20-22(2,3)18-12-6-7-13-19(18)24(20)4;1-11(2)8-12(3)10-7-5-4-6-9(10)11/h5-7,9,12-16H,8,10-11H2,1-4H3;4-7H,8H2,1-3H3/q+1;. The molecular formula is C33H42ClN2+. The fourth-order valence-electron chi connectivity index (χ4n) is 6.20. The Morgan fingerprint density at radius 3 is 2.31 bits per heavy atom. The summed E-state index contributed by atoms with van der Waals surface area (Å²) >= 11 is 6.66. The molecular weight excluding hydrogens is 460 g/mol. The summed E-state index contributed by atoms with van der Waals surface area (Å²) in [4.78, 5) is 2.33. The van der Waals surface area contributed by atoms with Crippen molar-refractivity contribution in [1.29, 1.82) is 0 Å². The van der Waals surface area contributed by atoms with Crippen LogP contribution in [0.3, 0.4) is 0 Å². The fourth-order valence-corrected chi connectivity index (χ4v) is 6.54. The second-order valence-electron chi connectivity index (χ2n) is 11.6. The zero-order chi connectivity index (χ0) is 26.1. The minimum atomic E-state index is 0.0201. The van der Waals surface area contributed by atoms with Crippen molar-refractivity contribution in [2.24, 2.45) is 5.92 Å². The van der Waals surface area contributed by atoms with Crippen molar-refractivity contribution < 1.29 is 4.58 Å². The molecule has 0 fully saturated rings. The summed E-state index contributed by atoms with van der Waals surface area (Å²) in [5.41, 5.74) is 8.53. The van der Waals surface area contributed by atoms with E-state index in [0.717, 1.165) is 24.4 Å². The van der Waals surface area contributed by atoms with Gasteiger partial charge in [0.2, 0.25) is 5.69 Å². The van der Waals surface area contributed by atoms with Crippen molar-refractivity contribution in [3.05, 3.63) is 94.6 Å². The van der Waals surface area contributed by atoms with Crippen molar-refractivity contribution in [2.45, 2.75) is 64.7 Å². The molecule has 190 valence electrons. The van der Waals surface area contributed by atoms with Gasteiger partial charge >= 0.3 is 0 Å². The van der Waals surface area contributed by atoms with Crippen LogP contribution >= 0.6 is 11.6 Å². The number of allylic oxidation sites excluding steroid dienone is 6. The van der Waals surface area contributed by atoms with E-state index >= 15 is 0 Å². The number of anilines is 1. The second-order valence-corrected chi connectivity index (χ2v) is 12.0. The van der Waals surface area contributed by atoms with E-state index in [1.54, 1.807) is 0 Å². The predicted octanol–water partition coefficient (Wildman–Crippen LogP) is 8.53. The highest BCUT2D eigenvalue weighted by Crippen LogP contribution is 2.40. The maximum absolute atomic E-state index is 6.66. The quantitative estimate of drug-likeness (QED) is 0.301. The Bertz CT molecular complexity index is 1240. The molecule has 0 N–H and O–H groups in total. The molecule has 3 heteroatoms. The number of para-hydroxylation sites is 2. The van der Waals surface area contributed by atoms with Crippen LogP contribution in [0.1, 0.15) is 65.0 Å². The Labute approximate surface area is 223 Å². The molecule has 1 aliphatic carbocycles. The third kappa shape index (κ3) is 4.98. The summed E-state index contributed by atoms with van der Waals surface area (Å²) in [7, 11) is 4.32. The third-order valence-electron chi connectivity index (χ3n) is 8.08. The van der Waals surface area contributed by atoms with Crippen LogP contribution in [0.25, 0.3) is 0 Å². The molecule has 2 heterocycles. The third-order valence-corrected chi connectivity index (χ3v) is 8.60. The van der Waals surface area contributed by atoms with Gasteiger partial charge in [-0.2, -0.15) is 4.58 Å². The van der Waals surface area contributed by atoms with Crippen LogP contribution in [0.4, 0.5) is 11.4 Å². The van der Waals surface area contributed by atoms with Gasteiger partial charge in [0.15, 0.2) is 5.71 Å². The number of hydrogen-bond donors (Lipinski definition) is 0. The van der Waals surface area contributed by atoms with Crippen molar-refractivity contribution in [3.8, 4) is 0 Å². The van der Waals surface area contributed by atoms with Crippen LogP contribution in [0.5, 0.6) is 0 Å². The number of likely N-dealkylation sites (N-methyl/N-ethyl adjacent to an activating group) is 1. The van der Waals surface area contributed by atoms with Gasteiger partial charge in [0, 0.05) is 53.4 Å². The van der Waals surface area contributed by atoms with Crippen molar-refractivity contribution in [1.82, 2.24) is 0 Å². The Morgan fingerprint density at radius 1 is 0.972 bits per heavy atom. The normalized spacial score (nSPS) is 22.2. The first-order valence-electron chi connectivity index (χ1n) is 13.3. The van der Waals surface area contributed by atoms with Gasteiger partial charge < -0.3 is 4.90 Å². The molecule has 0 saturated heterocycles. The molecule has 2 aromatic carbocycles. The molecule has 5 rings (SSSR count). The Kier molecular flexibility index (Phi) is 7.67. The summed E-state index contributed by atoms with van der Waals surface area (Å²) in [6.07, 6.45) is 12.3. The van der Waals surface area contributed by atoms with Gasteiger partial charge in [0.05, 0.1) is 5.41 Å². The van der Waals surface area contributed by atoms with Crippen LogP contribution in [-0.2, 0) is 10.8 Å². The van der Waals surface area contributed by atoms with E-state index in [1.807, 2.05) is 0 Å². The average Bonchev–Trinajstić information content (AvgIpc) is 3.20. The molecule has 0 saturated carbocycles. The number of benzene rings is 2. The van der Waals surface area contributed by atoms with Crippen LogP contribution in [0.15, 0.2) is 83.4 Å². The lowest BCUT2D eigenvalue weighted by Gasteiger charge is -2.21. The molecule has 1 atom stereocenters. The monoisotopic (exact) mass is 501 g/mol. The Balaban J connectivity index is 0.000000211. The molecule has 0 spiro atoms. The molecule has 2 nitrogen and oxygen atoms in total. The smallest absolute Gasteiger partial charge is 0.209 e. The number of hydrogen-bond acceptors (Lipinski definition) is 1. The largest absolute Gasteiger partial charge is 0.373 e. The lowest BCUT2D eigenvalue weighted by molar-refractivity contribution is -0.401. The van der Waals surface area contributed by atoms with E-state index in [9.17, 15) is 0 Å². The van der Waals surface area contributed by atoms with Gasteiger partial charge in [-0.25, -0.2) is 0 Å². The molecule has 3 aliphatic rings. The van der Waals surface area contributed by atoms with E-state index < -0.39 is 0 Å². The van der Waals surface area contributed by atoms with Gasteiger partial charge in [-0.3, -0.25) is 0 Å². The molecule has 0 amide bonds. The minimum Gasteiger partial charge on any atom is -0.373 e. The lowest BCUT2D eigenvalue weighted by atomic mass is 9.81. The van der Waals surface area contributed by atoms with Crippen LogP contribution in [0, 0.1) is 5.92 Å². The molecule has 2 aliphatic heterocycles. The Morgan fingerprint density at radius 2 is 1.64 bits per heavy atom. The first-order valence-corrected chi connectivity index (χ1v) is 13.7. The van der Waals surface area contributed by atoms with Gasteiger partial charge in [0.1, 0.15) is 7.05 Å². The van der Waals surface area contributed by atoms with Crippen LogP contribution in [-0.4, -0.2) is 30.9 Å². The predicted molar refractivity (Wildman–Crippen MR) is 157 cm³/mol. The maximum Gasteiger partial charge on any atom is 0.209 e. The summed E-state index contributed by atoms with van der Waals surface area (Å²) in [5, 5.41) is 1.02. The second kappa shape index (κ2) is 10.4. The average molecular weight is 502 g/mol. The van der Waals surface area contributed by atoms with Crippen molar-refractivity contribution in [2.75, 3.05) is 25.5 Å². The fraction of sp³-hybridized carbons (Fsp3) is 0.424. The first-order chi connectivity index (χ1) is 17.1. The van der Waals surface area contributed by atoms with E-state index in [2.05, 4.69) is 131 Å². The summed E-state index contributed by atoms with van der Waals surface area (Å²) in [6, 6.07) is 17.3. The lowest BCUT2D eigenvalue weighted by Crippen LogP contribution is -2.26. The summed E-state index contributed by atoms with van der Waals surface area (Å²) in [6.45, 7) is 12.4. The minimum absolute atomic E-state index is 0.0201. The molecule has 2 aromatic rings. The number of halogens is 1. The van der Waals surface area contributed by atoms with Gasteiger partial charge in [0.25, 0.3) is 0 Å². The van der Waals surface area contributed by atoms with E-state index in [-0.39, 0.29) is 5.41 Å². The zero-order valence-electron chi connectivity index (χ0n) is 23.1. The number of rotatable bonds is 3. The topological polar surface area (TPSA) is 6.25 Å². The molecule has 36 heavy (non-hydrogen) atoms. The Hall–Kier alpha value is -2.58. The highest BCUT2D eigenvalue weighted by atomic mass is 35.5. The van der Waals surface area contributed by atoms with Gasteiger partial charge in [-0.05, 0) is 57.2 Å². The van der Waals surface area contributed by atoms with Crippen molar-refractivity contribution in [3.63, 3.8) is 0 Å². The van der Waals surface area contributed by atoms with E-state index in [0.29, 0.717) is 11.3 Å². The molecule has 0 bridgehead atoms. The van der Waals surface area contributed by atoms with Crippen molar-refractivity contribution >= 4 is 28.7 Å².